The molecule has 0 bridgehead atoms. The fourth-order valence-electron chi connectivity index (χ4n) is 1.67. The Bertz CT molecular complexity index is 472. The van der Waals surface area contributed by atoms with E-state index in [4.69, 9.17) is 12.6 Å². The second-order valence-electron chi connectivity index (χ2n) is 5.59. The van der Waals surface area contributed by atoms with Crippen LogP contribution in [0.2, 0.25) is 0 Å². The average molecular weight is 276 g/mol. The Hall–Kier alpha value is -1.72. The van der Waals surface area contributed by atoms with E-state index in [1.54, 1.807) is 6.20 Å². The van der Waals surface area contributed by atoms with Crippen molar-refractivity contribution in [2.45, 2.75) is 33.3 Å². The van der Waals surface area contributed by atoms with Crippen molar-refractivity contribution in [2.75, 3.05) is 25.1 Å². The van der Waals surface area contributed by atoms with Crippen LogP contribution in [0.5, 0.6) is 5.88 Å². The fourth-order valence-corrected chi connectivity index (χ4v) is 1.67. The molecule has 5 nitrogen and oxygen atoms in total. The molecule has 0 atom stereocenters. The summed E-state index contributed by atoms with van der Waals surface area (Å²) in [4.78, 5) is 15.9. The van der Waals surface area contributed by atoms with E-state index in [1.165, 1.54) is 0 Å². The highest BCUT2D eigenvalue weighted by atomic mass is 16.5. The van der Waals surface area contributed by atoms with E-state index in [2.05, 4.69) is 14.6 Å². The summed E-state index contributed by atoms with van der Waals surface area (Å²) in [5.74, 6) is 0.695. The highest BCUT2D eigenvalue weighted by molar-refractivity contribution is 6.33. The largest absolute Gasteiger partial charge is 0.474 e. The van der Waals surface area contributed by atoms with Crippen molar-refractivity contribution in [1.29, 1.82) is 0 Å². The van der Waals surface area contributed by atoms with Gasteiger partial charge in [-0.15, -0.1) is 0 Å². The second-order valence-corrected chi connectivity index (χ2v) is 5.59. The molecule has 0 unspecified atom stereocenters. The lowest BCUT2D eigenvalue weighted by Gasteiger charge is -2.28. The van der Waals surface area contributed by atoms with Gasteiger partial charge in [0.25, 0.3) is 6.47 Å². The molecule has 1 aromatic rings. The lowest BCUT2D eigenvalue weighted by molar-refractivity contribution is -0.138. The molecule has 0 amide bonds. The van der Waals surface area contributed by atoms with Crippen molar-refractivity contribution in [3.05, 3.63) is 11.8 Å². The van der Waals surface area contributed by atoms with Gasteiger partial charge in [-0.1, -0.05) is 5.46 Å². The van der Waals surface area contributed by atoms with E-state index in [0.717, 1.165) is 23.3 Å². The maximum Gasteiger partial charge on any atom is 0.293 e. The highest BCUT2D eigenvalue weighted by Gasteiger charge is 2.18. The Labute approximate surface area is 121 Å². The third kappa shape index (κ3) is 4.44. The lowest BCUT2D eigenvalue weighted by Crippen LogP contribution is -2.31. The molecule has 0 saturated carbocycles. The molecule has 6 heteroatoms. The van der Waals surface area contributed by atoms with Crippen LogP contribution in [-0.4, -0.2) is 45.1 Å². The molecule has 108 valence electrons. The van der Waals surface area contributed by atoms with Crippen LogP contribution < -0.4 is 15.1 Å². The van der Waals surface area contributed by atoms with Crippen molar-refractivity contribution >= 4 is 25.5 Å². The van der Waals surface area contributed by atoms with Gasteiger partial charge in [0.2, 0.25) is 5.88 Å². The van der Waals surface area contributed by atoms with Crippen molar-refractivity contribution in [3.8, 4) is 5.88 Å². The standard InChI is InChI=1S/C9H11BN2O.C5H10O2/c1-6-7(10)5-11-9-8(6)12(2)3-4-13-9;1-5(2,3)7-4-6/h5H,3-4H2,1-2H3;4H,1-3H3. The molecular formula is C14H21BN2O3. The first-order valence-corrected chi connectivity index (χ1v) is 6.46. The van der Waals surface area contributed by atoms with Gasteiger partial charge in [-0.25, -0.2) is 4.98 Å². The van der Waals surface area contributed by atoms with Gasteiger partial charge in [0, 0.05) is 13.2 Å². The number of hydrogen-bond acceptors (Lipinski definition) is 5. The van der Waals surface area contributed by atoms with Crippen molar-refractivity contribution < 1.29 is 14.3 Å². The summed E-state index contributed by atoms with van der Waals surface area (Å²) in [6.07, 6.45) is 1.65. The maximum absolute atomic E-state index is 9.60. The molecule has 2 rings (SSSR count). The first kappa shape index (κ1) is 16.3. The quantitative estimate of drug-likeness (QED) is 0.565. The van der Waals surface area contributed by atoms with E-state index >= 15 is 0 Å². The fraction of sp³-hybridized carbons (Fsp3) is 0.571. The Morgan fingerprint density at radius 2 is 2.15 bits per heavy atom. The Balaban J connectivity index is 0.000000246. The van der Waals surface area contributed by atoms with Gasteiger partial charge in [0.1, 0.15) is 25.7 Å². The molecule has 0 N–H and O–H groups in total. The Morgan fingerprint density at radius 3 is 2.65 bits per heavy atom. The molecular weight excluding hydrogens is 255 g/mol. The summed E-state index contributed by atoms with van der Waals surface area (Å²) in [6.45, 7) is 9.49. The number of carbonyl (C=O) groups is 1. The maximum atomic E-state index is 9.60. The SMILES string of the molecule is CC(C)(C)OC=O.[B]c1cnc2c(c1C)N(C)CCO2. The molecule has 20 heavy (non-hydrogen) atoms. The monoisotopic (exact) mass is 276 g/mol. The minimum atomic E-state index is -0.318. The normalized spacial score (nSPS) is 13.6. The number of pyridine rings is 1. The number of likely N-dealkylation sites (N-methyl/N-ethyl adjacent to an activating group) is 1. The van der Waals surface area contributed by atoms with E-state index < -0.39 is 0 Å². The van der Waals surface area contributed by atoms with Gasteiger partial charge >= 0.3 is 0 Å². The molecule has 0 spiro atoms. The van der Waals surface area contributed by atoms with E-state index in [1.807, 2.05) is 34.7 Å². The van der Waals surface area contributed by atoms with Gasteiger partial charge in [0.15, 0.2) is 0 Å². The summed E-state index contributed by atoms with van der Waals surface area (Å²) in [5.41, 5.74) is 2.47. The van der Waals surface area contributed by atoms with Crippen LogP contribution in [0.1, 0.15) is 26.3 Å². The van der Waals surface area contributed by atoms with Crippen LogP contribution in [0.4, 0.5) is 5.69 Å². The van der Waals surface area contributed by atoms with Crippen LogP contribution in [0.25, 0.3) is 0 Å². The van der Waals surface area contributed by atoms with E-state index in [-0.39, 0.29) is 5.60 Å². The zero-order valence-corrected chi connectivity index (χ0v) is 12.8. The van der Waals surface area contributed by atoms with Gasteiger partial charge in [-0.05, 0) is 33.3 Å². The Morgan fingerprint density at radius 1 is 1.50 bits per heavy atom. The summed E-state index contributed by atoms with van der Waals surface area (Å²) in [6, 6.07) is 0. The highest BCUT2D eigenvalue weighted by Crippen LogP contribution is 2.29. The molecule has 0 saturated heterocycles. The van der Waals surface area contributed by atoms with E-state index in [0.29, 0.717) is 19.0 Å². The minimum absolute atomic E-state index is 0.318. The third-order valence-electron chi connectivity index (χ3n) is 2.76. The van der Waals surface area contributed by atoms with Gasteiger partial charge < -0.3 is 14.4 Å². The molecule has 1 aromatic heterocycles. The van der Waals surface area contributed by atoms with Crippen molar-refractivity contribution in [3.63, 3.8) is 0 Å². The summed E-state index contributed by atoms with van der Waals surface area (Å²) in [7, 11) is 7.78. The molecule has 0 aliphatic carbocycles. The zero-order valence-electron chi connectivity index (χ0n) is 12.8. The number of nitrogens with zero attached hydrogens (tertiary/aromatic N) is 2. The van der Waals surface area contributed by atoms with Crippen LogP contribution in [-0.2, 0) is 9.53 Å². The summed E-state index contributed by atoms with van der Waals surface area (Å²) < 4.78 is 9.97. The number of ether oxygens (including phenoxy) is 2. The first-order valence-electron chi connectivity index (χ1n) is 6.46. The van der Waals surface area contributed by atoms with Crippen LogP contribution in [0.3, 0.4) is 0 Å². The minimum Gasteiger partial charge on any atom is -0.474 e. The molecule has 2 heterocycles. The van der Waals surface area contributed by atoms with Crippen molar-refractivity contribution in [1.82, 2.24) is 4.98 Å². The average Bonchev–Trinajstić information content (AvgIpc) is 2.33. The van der Waals surface area contributed by atoms with Crippen molar-refractivity contribution in [2.24, 2.45) is 0 Å². The molecule has 0 aromatic carbocycles. The Kier molecular flexibility index (Phi) is 5.42. The molecule has 0 fully saturated rings. The van der Waals surface area contributed by atoms with Gasteiger partial charge in [-0.2, -0.15) is 0 Å². The summed E-state index contributed by atoms with van der Waals surface area (Å²) in [5, 5.41) is 0. The predicted molar refractivity (Wildman–Crippen MR) is 80.0 cm³/mol. The molecule has 2 radical (unpaired) electrons. The predicted octanol–water partition coefficient (Wildman–Crippen LogP) is 0.970. The van der Waals surface area contributed by atoms with Gasteiger partial charge in [-0.3, -0.25) is 4.79 Å². The number of rotatable bonds is 1. The number of aromatic nitrogens is 1. The first-order chi connectivity index (χ1) is 9.26. The van der Waals surface area contributed by atoms with Gasteiger partial charge in [0.05, 0.1) is 6.54 Å². The topological polar surface area (TPSA) is 51.7 Å². The lowest BCUT2D eigenvalue weighted by atomic mass is 9.92. The molecule has 1 aliphatic heterocycles. The zero-order chi connectivity index (χ0) is 15.3. The van der Waals surface area contributed by atoms with Crippen LogP contribution in [0, 0.1) is 6.92 Å². The van der Waals surface area contributed by atoms with Crippen LogP contribution >= 0.6 is 0 Å². The molecule has 1 aliphatic rings. The van der Waals surface area contributed by atoms with E-state index in [9.17, 15) is 4.79 Å². The number of fused-ring (bicyclic) bond motifs is 1. The van der Waals surface area contributed by atoms with Crippen LogP contribution in [0.15, 0.2) is 6.20 Å². The smallest absolute Gasteiger partial charge is 0.293 e. The summed E-state index contributed by atoms with van der Waals surface area (Å²) >= 11 is 0. The second kappa shape index (κ2) is 6.63. The number of carbonyl (C=O) groups excluding carboxylic acids is 1. The number of hydrogen-bond donors (Lipinski definition) is 0. The third-order valence-corrected chi connectivity index (χ3v) is 2.76. The number of anilines is 1.